The van der Waals surface area contributed by atoms with Crippen LogP contribution in [0.25, 0.3) is 17.2 Å². The lowest BCUT2D eigenvalue weighted by Crippen LogP contribution is -2.52. The van der Waals surface area contributed by atoms with Crippen LogP contribution in [0.1, 0.15) is 127 Å². The SMILES string of the molecule is CCc1cc2c(nc1N)C#CCc1cc(O)c3c(c1C1Oc4c(ccc5c4C4(CCC(C2)C4)Cc2cc(O)cc(OC)c2-5)C1COC(C)=O)C=CC1NC2CCCC(CSSC(Cc4ccccc4)C1O3)C2. The molecule has 3 aliphatic carbocycles. The van der Waals surface area contributed by atoms with E-state index in [1.807, 2.05) is 33.7 Å². The van der Waals surface area contributed by atoms with Crippen LogP contribution >= 0.6 is 21.6 Å². The Kier molecular flexibility index (Phi) is 12.7. The highest BCUT2D eigenvalue weighted by atomic mass is 33.1. The molecule has 12 rings (SSSR count). The van der Waals surface area contributed by atoms with Gasteiger partial charge in [0.1, 0.15) is 47.6 Å². The number of methoxy groups -OCH3 is 1. The second-order valence-electron chi connectivity index (χ2n) is 21.4. The smallest absolute Gasteiger partial charge is 0.302 e. The maximum absolute atomic E-state index is 12.9. The molecule has 9 unspecified atom stereocenters. The van der Waals surface area contributed by atoms with Gasteiger partial charge in [-0.25, -0.2) is 4.98 Å². The number of carbonyl (C=O) groups is 1. The fourth-order valence-corrected chi connectivity index (χ4v) is 16.8. The first-order valence-electron chi connectivity index (χ1n) is 26.0. The van der Waals surface area contributed by atoms with E-state index in [0.717, 1.165) is 119 Å². The fraction of sp³-hybridized carbons (Fsp3) is 0.433. The van der Waals surface area contributed by atoms with Crippen molar-refractivity contribution in [2.45, 2.75) is 132 Å². The van der Waals surface area contributed by atoms with E-state index >= 15 is 0 Å². The molecule has 1 spiro atoms. The van der Waals surface area contributed by atoms with Gasteiger partial charge in [-0.15, -0.1) is 0 Å². The molecule has 6 bridgehead atoms. The minimum Gasteiger partial charge on any atom is -0.508 e. The summed E-state index contributed by atoms with van der Waals surface area (Å²) in [6, 6.07) is 22.8. The molecule has 3 fully saturated rings. The van der Waals surface area contributed by atoms with E-state index < -0.39 is 12.0 Å². The Labute approximate surface area is 430 Å². The lowest BCUT2D eigenvalue weighted by atomic mass is 9.65. The topological polar surface area (TPSA) is 145 Å². The number of phenolic OH excluding ortho intramolecular Hbond substituents is 2. The Hall–Kier alpha value is -5.74. The number of benzene rings is 4. The molecule has 10 nitrogen and oxygen atoms in total. The zero-order valence-corrected chi connectivity index (χ0v) is 42.9. The van der Waals surface area contributed by atoms with Crippen LogP contribution in [0.3, 0.4) is 0 Å². The zero-order chi connectivity index (χ0) is 49.3. The number of rotatable bonds is 6. The highest BCUT2D eigenvalue weighted by Crippen LogP contribution is 2.63. The van der Waals surface area contributed by atoms with E-state index in [-0.39, 0.29) is 53.3 Å². The summed E-state index contributed by atoms with van der Waals surface area (Å²) >= 11 is 0. The molecule has 1 saturated heterocycles. The summed E-state index contributed by atoms with van der Waals surface area (Å²) < 4.78 is 27.2. The summed E-state index contributed by atoms with van der Waals surface area (Å²) in [7, 11) is 5.54. The molecule has 4 aromatic carbocycles. The van der Waals surface area contributed by atoms with Crippen LogP contribution in [0.2, 0.25) is 0 Å². The summed E-state index contributed by atoms with van der Waals surface area (Å²) in [4.78, 5) is 17.9. The van der Waals surface area contributed by atoms with E-state index in [9.17, 15) is 15.0 Å². The lowest BCUT2D eigenvalue weighted by Gasteiger charge is -2.39. The highest BCUT2D eigenvalue weighted by molar-refractivity contribution is 8.77. The molecule has 2 saturated carbocycles. The molecule has 5 N–H and O–H groups in total. The van der Waals surface area contributed by atoms with E-state index in [1.165, 1.54) is 25.3 Å². The molecule has 372 valence electrons. The van der Waals surface area contributed by atoms with E-state index in [2.05, 4.69) is 84.8 Å². The van der Waals surface area contributed by atoms with Crippen molar-refractivity contribution in [1.29, 1.82) is 0 Å². The number of anilines is 1. The standard InChI is InChI=1S/C60H63N3O7S2/c1-4-37-25-39-22-35-20-21-60(29-35)30-40-26-42(65)28-50(67-3)52(40)44-17-16-43-46(31-68-33(2)64)56(70-57(43)54(44)60)53-38(13-9-15-47(39)63-59(37)61)27-49(66)55-45(53)18-19-48-58(69-55)51(24-34-10-6-5-7-11-34)72-71-32-36-12-8-14-41(23-36)62-48/h5-7,10-11,16-19,25-28,35-36,41,46,48,51,56,58,62,65-66H,4,8,12-14,20-24,29-32H2,1-3H3,(H2,61,63). The Morgan fingerprint density at radius 1 is 1.01 bits per heavy atom. The van der Waals surface area contributed by atoms with Crippen LogP contribution in [0.4, 0.5) is 5.82 Å². The molecule has 0 amide bonds. The molecule has 72 heavy (non-hydrogen) atoms. The summed E-state index contributed by atoms with van der Waals surface area (Å²) in [5, 5.41) is 27.8. The van der Waals surface area contributed by atoms with Crippen molar-refractivity contribution in [2.24, 2.45) is 11.8 Å². The summed E-state index contributed by atoms with van der Waals surface area (Å²) in [6.45, 7) is 3.65. The number of fused-ring (bicyclic) bond motifs is 12. The molecule has 12 heteroatoms. The van der Waals surface area contributed by atoms with Gasteiger partial charge in [0.05, 0.1) is 24.3 Å². The molecular formula is C60H63N3O7S2. The number of aryl methyl sites for hydroxylation is 1. The molecular weight excluding hydrogens is 939 g/mol. The van der Waals surface area contributed by atoms with E-state index in [0.29, 0.717) is 47.3 Å². The van der Waals surface area contributed by atoms with Crippen molar-refractivity contribution < 1.29 is 34.0 Å². The molecule has 0 radical (unpaired) electrons. The van der Waals surface area contributed by atoms with Crippen LogP contribution in [-0.4, -0.2) is 64.1 Å². The number of hydrogen-bond donors (Lipinski definition) is 4. The summed E-state index contributed by atoms with van der Waals surface area (Å²) in [5.41, 5.74) is 17.9. The molecule has 4 aliphatic heterocycles. The number of phenols is 2. The van der Waals surface area contributed by atoms with Gasteiger partial charge in [0, 0.05) is 64.4 Å². The zero-order valence-electron chi connectivity index (χ0n) is 41.3. The van der Waals surface area contributed by atoms with E-state index in [1.54, 1.807) is 13.2 Å². The van der Waals surface area contributed by atoms with Gasteiger partial charge in [-0.3, -0.25) is 4.79 Å². The largest absolute Gasteiger partial charge is 0.508 e. The first-order chi connectivity index (χ1) is 35.1. The quantitative estimate of drug-likeness (QED) is 0.0730. The number of pyridine rings is 1. The van der Waals surface area contributed by atoms with Crippen molar-refractivity contribution in [3.63, 3.8) is 0 Å². The number of aromatic hydroxyl groups is 2. The van der Waals surface area contributed by atoms with Gasteiger partial charge in [0.15, 0.2) is 11.5 Å². The monoisotopic (exact) mass is 1000 g/mol. The number of nitrogens with two attached hydrogens (primary N) is 1. The molecule has 1 aromatic heterocycles. The van der Waals surface area contributed by atoms with E-state index in [4.69, 9.17) is 29.7 Å². The summed E-state index contributed by atoms with van der Waals surface area (Å²) in [6.07, 6.45) is 14.2. The molecule has 7 aliphatic rings. The van der Waals surface area contributed by atoms with Gasteiger partial charge in [-0.2, -0.15) is 0 Å². The average molecular weight is 1000 g/mol. The van der Waals surface area contributed by atoms with Crippen molar-refractivity contribution in [3.05, 3.63) is 129 Å². The number of nitrogens with one attached hydrogen (secondary N) is 1. The Bertz CT molecular complexity index is 3060. The van der Waals surface area contributed by atoms with Crippen LogP contribution in [0.15, 0.2) is 72.8 Å². The summed E-state index contributed by atoms with van der Waals surface area (Å²) in [5.74, 6) is 10.8. The van der Waals surface area contributed by atoms with Gasteiger partial charge in [-0.1, -0.05) is 95.5 Å². The van der Waals surface area contributed by atoms with Crippen molar-refractivity contribution in [1.82, 2.24) is 10.3 Å². The Balaban J connectivity index is 1.08. The minimum absolute atomic E-state index is 0.0442. The van der Waals surface area contributed by atoms with Crippen LogP contribution < -0.4 is 25.3 Å². The third-order valence-corrected chi connectivity index (χ3v) is 19.8. The third kappa shape index (κ3) is 8.57. The van der Waals surface area contributed by atoms with Gasteiger partial charge < -0.3 is 40.2 Å². The average Bonchev–Trinajstić information content (AvgIpc) is 3.88. The van der Waals surface area contributed by atoms with Crippen LogP contribution in [0, 0.1) is 23.7 Å². The maximum atomic E-state index is 12.9. The van der Waals surface area contributed by atoms with Crippen LogP contribution in [0.5, 0.6) is 28.7 Å². The number of hydrogen-bond acceptors (Lipinski definition) is 12. The third-order valence-electron chi connectivity index (χ3n) is 16.8. The second-order valence-corrected chi connectivity index (χ2v) is 24.0. The molecule has 5 heterocycles. The van der Waals surface area contributed by atoms with Crippen molar-refractivity contribution in [2.75, 3.05) is 25.2 Å². The lowest BCUT2D eigenvalue weighted by molar-refractivity contribution is -0.141. The Morgan fingerprint density at radius 2 is 1.89 bits per heavy atom. The van der Waals surface area contributed by atoms with Crippen LogP contribution in [-0.2, 0) is 47.1 Å². The van der Waals surface area contributed by atoms with Crippen molar-refractivity contribution >= 4 is 39.5 Å². The van der Waals surface area contributed by atoms with Crippen molar-refractivity contribution in [3.8, 4) is 51.7 Å². The number of ether oxygens (including phenoxy) is 4. The number of esters is 1. The molecule has 9 atom stereocenters. The fourth-order valence-electron chi connectivity index (χ4n) is 13.6. The van der Waals surface area contributed by atoms with Gasteiger partial charge in [0.25, 0.3) is 0 Å². The van der Waals surface area contributed by atoms with Gasteiger partial charge >= 0.3 is 5.97 Å². The number of carbonyl (C=O) groups excluding carboxylic acids is 1. The normalized spacial score (nSPS) is 27.5. The Morgan fingerprint density at radius 3 is 2.72 bits per heavy atom. The molecule has 5 aromatic rings. The van der Waals surface area contributed by atoms with Gasteiger partial charge in [-0.05, 0) is 134 Å². The predicted molar refractivity (Wildman–Crippen MR) is 286 cm³/mol. The highest BCUT2D eigenvalue weighted by Gasteiger charge is 2.51. The number of aromatic nitrogens is 1. The first kappa shape index (κ1) is 47.3. The second kappa shape index (κ2) is 19.3. The number of nitrogen functional groups attached to an aromatic ring is 1. The predicted octanol–water partition coefficient (Wildman–Crippen LogP) is 11.1. The number of nitrogens with zero attached hydrogens (tertiary/aromatic N) is 1. The minimum atomic E-state index is -0.657. The van der Waals surface area contributed by atoms with Gasteiger partial charge in [0.2, 0.25) is 0 Å². The maximum Gasteiger partial charge on any atom is 0.302 e. The first-order valence-corrected chi connectivity index (χ1v) is 28.4.